The third-order valence-electron chi connectivity index (χ3n) is 3.50. The highest BCUT2D eigenvalue weighted by atomic mass is 32.1. The Kier molecular flexibility index (Phi) is 6.25. The molecule has 2 heterocycles. The normalized spacial score (nSPS) is 10.5. The standard InChI is InChI=1S/C19H20N2O3S2/c1-3-23-14-4-6-15(7-5-14)24-11-19(22)20-10-16-8-9-18(26-16)17-12-25-13(2)21-17/h4-9,12H,3,10-11H2,1-2H3,(H,20,22). The molecule has 1 aromatic carbocycles. The molecule has 0 spiro atoms. The maximum atomic E-state index is 12.0. The third kappa shape index (κ3) is 5.06. The lowest BCUT2D eigenvalue weighted by Gasteiger charge is -2.08. The Morgan fingerprint density at radius 1 is 1.12 bits per heavy atom. The summed E-state index contributed by atoms with van der Waals surface area (Å²) < 4.78 is 10.9. The molecule has 0 unspecified atom stereocenters. The molecular weight excluding hydrogens is 368 g/mol. The molecule has 0 aliphatic carbocycles. The average Bonchev–Trinajstić information content (AvgIpc) is 3.28. The fraction of sp³-hybridized carbons (Fsp3) is 0.263. The molecule has 1 N–H and O–H groups in total. The number of aromatic nitrogens is 1. The molecule has 0 aliphatic heterocycles. The molecule has 7 heteroatoms. The molecule has 0 saturated carbocycles. The Labute approximate surface area is 160 Å². The van der Waals surface area contributed by atoms with E-state index in [1.54, 1.807) is 34.8 Å². The molecular formula is C19H20N2O3S2. The Bertz CT molecular complexity index is 856. The number of thiazole rings is 1. The van der Waals surface area contributed by atoms with Gasteiger partial charge in [-0.15, -0.1) is 22.7 Å². The van der Waals surface area contributed by atoms with Crippen molar-refractivity contribution in [3.05, 3.63) is 51.7 Å². The number of hydrogen-bond donors (Lipinski definition) is 1. The van der Waals surface area contributed by atoms with Gasteiger partial charge in [-0.25, -0.2) is 4.98 Å². The molecule has 0 atom stereocenters. The van der Waals surface area contributed by atoms with Gasteiger partial charge in [-0.05, 0) is 50.2 Å². The maximum absolute atomic E-state index is 12.0. The van der Waals surface area contributed by atoms with E-state index in [1.165, 1.54) is 0 Å². The number of carbonyl (C=O) groups is 1. The minimum Gasteiger partial charge on any atom is -0.494 e. The quantitative estimate of drug-likeness (QED) is 0.626. The highest BCUT2D eigenvalue weighted by molar-refractivity contribution is 7.16. The molecule has 0 fully saturated rings. The smallest absolute Gasteiger partial charge is 0.258 e. The molecule has 0 aliphatic rings. The van der Waals surface area contributed by atoms with Gasteiger partial charge in [0.15, 0.2) is 6.61 Å². The number of nitrogens with zero attached hydrogens (tertiary/aromatic N) is 1. The van der Waals surface area contributed by atoms with Crippen molar-refractivity contribution in [1.29, 1.82) is 0 Å². The van der Waals surface area contributed by atoms with Gasteiger partial charge in [0, 0.05) is 10.3 Å². The highest BCUT2D eigenvalue weighted by Gasteiger charge is 2.08. The Morgan fingerprint density at radius 2 is 1.85 bits per heavy atom. The number of ether oxygens (including phenoxy) is 2. The SMILES string of the molecule is CCOc1ccc(OCC(=O)NCc2ccc(-c3csc(C)n3)s2)cc1. The van der Waals surface area contributed by atoms with E-state index < -0.39 is 0 Å². The first kappa shape index (κ1) is 18.4. The van der Waals surface area contributed by atoms with Crippen molar-refractivity contribution < 1.29 is 14.3 Å². The van der Waals surface area contributed by atoms with Crippen LogP contribution in [0.25, 0.3) is 10.6 Å². The minimum absolute atomic E-state index is 0.0164. The van der Waals surface area contributed by atoms with Crippen LogP contribution in [-0.2, 0) is 11.3 Å². The number of amides is 1. The van der Waals surface area contributed by atoms with Crippen LogP contribution in [0.3, 0.4) is 0 Å². The lowest BCUT2D eigenvalue weighted by molar-refractivity contribution is -0.123. The molecule has 26 heavy (non-hydrogen) atoms. The minimum atomic E-state index is -0.154. The Hall–Kier alpha value is -2.38. The molecule has 3 aromatic rings. The predicted molar refractivity (Wildman–Crippen MR) is 105 cm³/mol. The predicted octanol–water partition coefficient (Wildman–Crippen LogP) is 4.27. The summed E-state index contributed by atoms with van der Waals surface area (Å²) in [5.74, 6) is 1.27. The van der Waals surface area contributed by atoms with E-state index in [2.05, 4.69) is 10.3 Å². The van der Waals surface area contributed by atoms with Gasteiger partial charge in [-0.2, -0.15) is 0 Å². The number of aryl methyl sites for hydroxylation is 1. The molecule has 0 bridgehead atoms. The van der Waals surface area contributed by atoms with Gasteiger partial charge in [0.25, 0.3) is 5.91 Å². The second-order valence-electron chi connectivity index (χ2n) is 5.49. The highest BCUT2D eigenvalue weighted by Crippen LogP contribution is 2.28. The fourth-order valence-corrected chi connectivity index (χ4v) is 3.87. The number of nitrogens with one attached hydrogen (secondary N) is 1. The van der Waals surface area contributed by atoms with Crippen LogP contribution in [0.1, 0.15) is 16.8 Å². The van der Waals surface area contributed by atoms with Crippen LogP contribution in [0, 0.1) is 6.92 Å². The van der Waals surface area contributed by atoms with Crippen LogP contribution < -0.4 is 14.8 Å². The second kappa shape index (κ2) is 8.82. The first-order chi connectivity index (χ1) is 12.6. The van der Waals surface area contributed by atoms with E-state index in [0.29, 0.717) is 18.9 Å². The van der Waals surface area contributed by atoms with Gasteiger partial charge in [-0.1, -0.05) is 0 Å². The van der Waals surface area contributed by atoms with Crippen molar-refractivity contribution in [3.63, 3.8) is 0 Å². The van der Waals surface area contributed by atoms with E-state index >= 15 is 0 Å². The number of thiophene rings is 1. The number of hydrogen-bond acceptors (Lipinski definition) is 6. The van der Waals surface area contributed by atoms with Crippen molar-refractivity contribution >= 4 is 28.6 Å². The summed E-state index contributed by atoms with van der Waals surface area (Å²) in [6.45, 7) is 5.02. The number of benzene rings is 1. The number of rotatable bonds is 8. The van der Waals surface area contributed by atoms with Gasteiger partial charge in [0.2, 0.25) is 0 Å². The van der Waals surface area contributed by atoms with Crippen LogP contribution in [-0.4, -0.2) is 24.1 Å². The topological polar surface area (TPSA) is 60.5 Å². The Balaban J connectivity index is 1.44. The molecule has 0 radical (unpaired) electrons. The summed E-state index contributed by atoms with van der Waals surface area (Å²) in [6, 6.07) is 11.3. The molecule has 1 amide bonds. The van der Waals surface area contributed by atoms with E-state index in [9.17, 15) is 4.79 Å². The van der Waals surface area contributed by atoms with Gasteiger partial charge < -0.3 is 14.8 Å². The fourth-order valence-electron chi connectivity index (χ4n) is 2.27. The van der Waals surface area contributed by atoms with Gasteiger partial charge in [0.05, 0.1) is 28.7 Å². The molecule has 5 nitrogen and oxygen atoms in total. The van der Waals surface area contributed by atoms with Crippen molar-refractivity contribution in [2.24, 2.45) is 0 Å². The zero-order valence-electron chi connectivity index (χ0n) is 14.7. The van der Waals surface area contributed by atoms with Crippen LogP contribution in [0.15, 0.2) is 41.8 Å². The first-order valence-electron chi connectivity index (χ1n) is 8.27. The maximum Gasteiger partial charge on any atom is 0.258 e. The lowest BCUT2D eigenvalue weighted by atomic mass is 10.3. The monoisotopic (exact) mass is 388 g/mol. The molecule has 2 aromatic heterocycles. The van der Waals surface area contributed by atoms with Crippen LogP contribution >= 0.6 is 22.7 Å². The van der Waals surface area contributed by atoms with Gasteiger partial charge >= 0.3 is 0 Å². The van der Waals surface area contributed by atoms with Crippen LogP contribution in [0.5, 0.6) is 11.5 Å². The zero-order valence-corrected chi connectivity index (χ0v) is 16.3. The first-order valence-corrected chi connectivity index (χ1v) is 9.97. The molecule has 0 saturated heterocycles. The second-order valence-corrected chi connectivity index (χ2v) is 7.72. The van der Waals surface area contributed by atoms with E-state index in [4.69, 9.17) is 9.47 Å². The van der Waals surface area contributed by atoms with Crippen molar-refractivity contribution in [2.45, 2.75) is 20.4 Å². The lowest BCUT2D eigenvalue weighted by Crippen LogP contribution is -2.28. The van der Waals surface area contributed by atoms with Crippen molar-refractivity contribution in [1.82, 2.24) is 10.3 Å². The summed E-state index contributed by atoms with van der Waals surface area (Å²) >= 11 is 3.27. The van der Waals surface area contributed by atoms with Crippen molar-refractivity contribution in [2.75, 3.05) is 13.2 Å². The summed E-state index contributed by atoms with van der Waals surface area (Å²) in [4.78, 5) is 18.7. The van der Waals surface area contributed by atoms with E-state index in [-0.39, 0.29) is 12.5 Å². The summed E-state index contributed by atoms with van der Waals surface area (Å²) in [6.07, 6.45) is 0. The van der Waals surface area contributed by atoms with Gasteiger partial charge in [0.1, 0.15) is 11.5 Å². The Morgan fingerprint density at radius 3 is 2.50 bits per heavy atom. The summed E-state index contributed by atoms with van der Waals surface area (Å²) in [5.41, 5.74) is 0.994. The summed E-state index contributed by atoms with van der Waals surface area (Å²) in [5, 5.41) is 5.98. The molecule has 3 rings (SSSR count). The van der Waals surface area contributed by atoms with Crippen LogP contribution in [0.4, 0.5) is 0 Å². The van der Waals surface area contributed by atoms with Crippen molar-refractivity contribution in [3.8, 4) is 22.1 Å². The summed E-state index contributed by atoms with van der Waals surface area (Å²) in [7, 11) is 0. The average molecular weight is 389 g/mol. The largest absolute Gasteiger partial charge is 0.494 e. The number of carbonyl (C=O) groups excluding carboxylic acids is 1. The van der Waals surface area contributed by atoms with E-state index in [0.717, 1.165) is 26.2 Å². The van der Waals surface area contributed by atoms with E-state index in [1.807, 2.05) is 43.5 Å². The third-order valence-corrected chi connectivity index (χ3v) is 5.38. The van der Waals surface area contributed by atoms with Crippen LogP contribution in [0.2, 0.25) is 0 Å². The van der Waals surface area contributed by atoms with Gasteiger partial charge in [-0.3, -0.25) is 4.79 Å². The molecule has 136 valence electrons. The zero-order chi connectivity index (χ0) is 18.4.